The second-order valence-corrected chi connectivity index (χ2v) is 15.8. The number of hydrogen-bond donors (Lipinski definition) is 1. The van der Waals surface area contributed by atoms with Gasteiger partial charge in [0.25, 0.3) is 8.32 Å². The quantitative estimate of drug-likeness (QED) is 0.350. The van der Waals surface area contributed by atoms with Crippen molar-refractivity contribution in [2.24, 2.45) is 0 Å². The van der Waals surface area contributed by atoms with Crippen molar-refractivity contribution in [3.05, 3.63) is 60.7 Å². The van der Waals surface area contributed by atoms with Crippen molar-refractivity contribution in [2.75, 3.05) is 0 Å². The van der Waals surface area contributed by atoms with Crippen LogP contribution in [0.4, 0.5) is 0 Å². The van der Waals surface area contributed by atoms with Crippen LogP contribution in [-0.4, -0.2) is 48.9 Å². The SMILES string of the molecule is CC1(C)OC1CC[C@](C)(O)[C@H]1OC(=O)C[C@@H]1O[Si](c1ccccc1)(c1ccccc1)C(C)(C)C. The molecule has 0 saturated carbocycles. The first kappa shape index (κ1) is 25.1. The van der Waals surface area contributed by atoms with Crippen LogP contribution in [0.15, 0.2) is 60.7 Å². The van der Waals surface area contributed by atoms with Gasteiger partial charge in [0.2, 0.25) is 0 Å². The highest BCUT2D eigenvalue weighted by molar-refractivity contribution is 6.99. The van der Waals surface area contributed by atoms with Gasteiger partial charge in [-0.25, -0.2) is 0 Å². The number of esters is 1. The van der Waals surface area contributed by atoms with E-state index in [-0.39, 0.29) is 29.1 Å². The van der Waals surface area contributed by atoms with Crippen LogP contribution in [0.25, 0.3) is 0 Å². The van der Waals surface area contributed by atoms with Crippen molar-refractivity contribution in [3.63, 3.8) is 0 Å². The normalized spacial score (nSPS) is 26.1. The fraction of sp³-hybridized carbons (Fsp3) is 0.536. The summed E-state index contributed by atoms with van der Waals surface area (Å²) in [6, 6.07) is 20.7. The molecule has 1 N–H and O–H groups in total. The molecule has 2 aliphatic heterocycles. The molecule has 5 nitrogen and oxygen atoms in total. The first-order valence-corrected chi connectivity index (χ1v) is 14.2. The monoisotopic (exact) mass is 482 g/mol. The highest BCUT2D eigenvalue weighted by Crippen LogP contribution is 2.43. The number of rotatable bonds is 8. The van der Waals surface area contributed by atoms with Gasteiger partial charge in [-0.05, 0) is 49.0 Å². The number of carbonyl (C=O) groups excluding carboxylic acids is 1. The summed E-state index contributed by atoms with van der Waals surface area (Å²) >= 11 is 0. The second kappa shape index (κ2) is 8.90. The van der Waals surface area contributed by atoms with E-state index in [1.807, 2.05) is 36.4 Å². The molecule has 2 aromatic carbocycles. The van der Waals surface area contributed by atoms with Crippen LogP contribution in [-0.2, 0) is 18.7 Å². The van der Waals surface area contributed by atoms with Crippen molar-refractivity contribution in [3.8, 4) is 0 Å². The van der Waals surface area contributed by atoms with Crippen molar-refractivity contribution in [1.29, 1.82) is 0 Å². The molecule has 184 valence electrons. The van der Waals surface area contributed by atoms with Gasteiger partial charge in [-0.2, -0.15) is 0 Å². The Balaban J connectivity index is 1.71. The van der Waals surface area contributed by atoms with Gasteiger partial charge in [0.05, 0.1) is 24.2 Å². The van der Waals surface area contributed by atoms with E-state index in [4.69, 9.17) is 13.9 Å². The van der Waals surface area contributed by atoms with Gasteiger partial charge in [-0.1, -0.05) is 81.4 Å². The molecule has 4 atom stereocenters. The summed E-state index contributed by atoms with van der Waals surface area (Å²) in [6.07, 6.45) is 0.161. The molecule has 0 spiro atoms. The van der Waals surface area contributed by atoms with Crippen molar-refractivity contribution < 1.29 is 23.8 Å². The van der Waals surface area contributed by atoms with Gasteiger partial charge in [0, 0.05) is 0 Å². The summed E-state index contributed by atoms with van der Waals surface area (Å²) in [4.78, 5) is 12.6. The van der Waals surface area contributed by atoms with Gasteiger partial charge >= 0.3 is 5.97 Å². The van der Waals surface area contributed by atoms with Crippen LogP contribution in [0, 0.1) is 0 Å². The van der Waals surface area contributed by atoms with E-state index in [1.54, 1.807) is 6.92 Å². The van der Waals surface area contributed by atoms with E-state index >= 15 is 0 Å². The maximum Gasteiger partial charge on any atom is 0.308 e. The zero-order valence-electron chi connectivity index (χ0n) is 21.2. The molecular weight excluding hydrogens is 444 g/mol. The summed E-state index contributed by atoms with van der Waals surface area (Å²) in [6.45, 7) is 12.5. The molecule has 6 heteroatoms. The summed E-state index contributed by atoms with van der Waals surface area (Å²) in [5.41, 5.74) is -1.36. The molecule has 34 heavy (non-hydrogen) atoms. The Labute approximate surface area is 204 Å². The minimum atomic E-state index is -2.89. The lowest BCUT2D eigenvalue weighted by Crippen LogP contribution is -2.68. The zero-order valence-corrected chi connectivity index (χ0v) is 22.2. The molecule has 0 amide bonds. The number of epoxide rings is 1. The lowest BCUT2D eigenvalue weighted by molar-refractivity contribution is -0.155. The Bertz CT molecular complexity index is 957. The molecular formula is C28H38O5Si. The second-order valence-electron chi connectivity index (χ2n) is 11.5. The molecule has 0 aromatic heterocycles. The number of carbonyl (C=O) groups is 1. The topological polar surface area (TPSA) is 68.3 Å². The third-order valence-electron chi connectivity index (χ3n) is 7.40. The molecule has 0 radical (unpaired) electrons. The number of ether oxygens (including phenoxy) is 2. The van der Waals surface area contributed by atoms with Crippen LogP contribution in [0.1, 0.15) is 60.8 Å². The van der Waals surface area contributed by atoms with Crippen LogP contribution >= 0.6 is 0 Å². The maximum absolute atomic E-state index is 12.6. The molecule has 1 unspecified atom stereocenters. The minimum Gasteiger partial charge on any atom is -0.456 e. The lowest BCUT2D eigenvalue weighted by Gasteiger charge is -2.46. The Morgan fingerprint density at radius 2 is 1.50 bits per heavy atom. The summed E-state index contributed by atoms with van der Waals surface area (Å²) in [7, 11) is -2.89. The molecule has 2 saturated heterocycles. The smallest absolute Gasteiger partial charge is 0.308 e. The predicted octanol–water partition coefficient (Wildman–Crippen LogP) is 3.96. The molecule has 2 fully saturated rings. The van der Waals surface area contributed by atoms with Crippen molar-refractivity contribution >= 4 is 24.7 Å². The van der Waals surface area contributed by atoms with Crippen molar-refractivity contribution in [2.45, 2.75) is 95.4 Å². The van der Waals surface area contributed by atoms with Gasteiger partial charge in [-0.3, -0.25) is 4.79 Å². The Morgan fingerprint density at radius 3 is 1.94 bits per heavy atom. The van der Waals surface area contributed by atoms with Gasteiger partial charge in [-0.15, -0.1) is 0 Å². The molecule has 2 aliphatic rings. The highest BCUT2D eigenvalue weighted by atomic mass is 28.4. The zero-order chi connectivity index (χ0) is 24.8. The third-order valence-corrected chi connectivity index (χ3v) is 12.5. The van der Waals surface area contributed by atoms with E-state index in [0.717, 1.165) is 10.4 Å². The van der Waals surface area contributed by atoms with E-state index in [9.17, 15) is 9.90 Å². The fourth-order valence-corrected chi connectivity index (χ4v) is 10.1. The van der Waals surface area contributed by atoms with Crippen LogP contribution < -0.4 is 10.4 Å². The predicted molar refractivity (Wildman–Crippen MR) is 136 cm³/mol. The third kappa shape index (κ3) is 4.74. The highest BCUT2D eigenvalue weighted by Gasteiger charge is 2.57. The fourth-order valence-electron chi connectivity index (χ4n) is 5.39. The molecule has 0 aliphatic carbocycles. The Hall–Kier alpha value is -1.99. The minimum absolute atomic E-state index is 0.118. The van der Waals surface area contributed by atoms with Crippen molar-refractivity contribution in [1.82, 2.24) is 0 Å². The molecule has 2 heterocycles. The molecule has 2 aromatic rings. The Kier molecular flexibility index (Phi) is 6.57. The average molecular weight is 483 g/mol. The number of hydrogen-bond acceptors (Lipinski definition) is 5. The van der Waals surface area contributed by atoms with Gasteiger partial charge in [0.1, 0.15) is 5.60 Å². The Morgan fingerprint density at radius 1 is 1.00 bits per heavy atom. The van der Waals surface area contributed by atoms with Gasteiger partial charge in [0.15, 0.2) is 6.10 Å². The van der Waals surface area contributed by atoms with Crippen LogP contribution in [0.2, 0.25) is 5.04 Å². The number of cyclic esters (lactones) is 1. The first-order valence-electron chi connectivity index (χ1n) is 12.3. The average Bonchev–Trinajstić information content (AvgIpc) is 3.21. The number of aliphatic hydroxyl groups is 1. The first-order chi connectivity index (χ1) is 15.9. The van der Waals surface area contributed by atoms with E-state index in [2.05, 4.69) is 58.9 Å². The molecule has 0 bridgehead atoms. The molecule has 4 rings (SSSR count). The van der Waals surface area contributed by atoms with Crippen LogP contribution in [0.5, 0.6) is 0 Å². The summed E-state index contributed by atoms with van der Waals surface area (Å²) < 4.78 is 18.6. The lowest BCUT2D eigenvalue weighted by atomic mass is 9.88. The number of benzene rings is 2. The van der Waals surface area contributed by atoms with Gasteiger partial charge < -0.3 is 19.0 Å². The summed E-state index contributed by atoms with van der Waals surface area (Å²) in [5.74, 6) is -0.323. The van der Waals surface area contributed by atoms with Crippen LogP contribution in [0.3, 0.4) is 0 Å². The standard InChI is InChI=1S/C28H38O5Si/c1-26(2,3)34(20-13-9-7-10-14-20,21-15-11-8-12-16-21)33-22-19-24(29)31-25(22)28(6,30)18-17-23-27(4,5)32-23/h7-16,22-23,25,30H,17-19H2,1-6H3/t22-,23?,25-,28-/m0/s1. The van der Waals surface area contributed by atoms with E-state index < -0.39 is 26.1 Å². The van der Waals surface area contributed by atoms with E-state index in [1.165, 1.54) is 0 Å². The largest absolute Gasteiger partial charge is 0.456 e. The summed E-state index contributed by atoms with van der Waals surface area (Å²) in [5, 5.41) is 13.5. The maximum atomic E-state index is 12.6. The van der Waals surface area contributed by atoms with E-state index in [0.29, 0.717) is 12.8 Å².